The molecule has 152 valence electrons. The third-order valence-corrected chi connectivity index (χ3v) is 4.93. The molecule has 0 radical (unpaired) electrons. The average molecular weight is 397 g/mol. The van der Waals surface area contributed by atoms with Crippen LogP contribution in [0, 0.1) is 0 Å². The standard InChI is InChI=1S/C20H23N5O4/c1-27-11-16-4-2-3-9-24(16)20(26)19-10-18(29-23-19)12-28-17-7-5-15(6-8-17)25-14-21-13-22-25/h5-8,10,13-14,16H,2-4,9,11-12H2,1H3/t16-/m1/s1. The van der Waals surface area contributed by atoms with Crippen LogP contribution in [0.2, 0.25) is 0 Å². The van der Waals surface area contributed by atoms with Crippen molar-refractivity contribution in [2.45, 2.75) is 31.9 Å². The van der Waals surface area contributed by atoms with Crippen LogP contribution in [0.1, 0.15) is 35.5 Å². The van der Waals surface area contributed by atoms with Gasteiger partial charge in [-0.2, -0.15) is 5.10 Å². The summed E-state index contributed by atoms with van der Waals surface area (Å²) in [6.07, 6.45) is 6.14. The number of methoxy groups -OCH3 is 1. The Hall–Kier alpha value is -3.20. The molecule has 29 heavy (non-hydrogen) atoms. The highest BCUT2D eigenvalue weighted by atomic mass is 16.5. The average Bonchev–Trinajstić information content (AvgIpc) is 3.45. The van der Waals surface area contributed by atoms with E-state index in [4.69, 9.17) is 14.0 Å². The first-order valence-electron chi connectivity index (χ1n) is 9.58. The summed E-state index contributed by atoms with van der Waals surface area (Å²) in [6, 6.07) is 9.16. The molecule has 4 rings (SSSR count). The van der Waals surface area contributed by atoms with Crippen molar-refractivity contribution >= 4 is 5.91 Å². The van der Waals surface area contributed by atoms with Crippen molar-refractivity contribution in [2.24, 2.45) is 0 Å². The van der Waals surface area contributed by atoms with Gasteiger partial charge in [-0.3, -0.25) is 4.79 Å². The van der Waals surface area contributed by atoms with Crippen LogP contribution in [0.3, 0.4) is 0 Å². The van der Waals surface area contributed by atoms with Gasteiger partial charge in [0.1, 0.15) is 25.0 Å². The molecular formula is C20H23N5O4. The largest absolute Gasteiger partial charge is 0.486 e. The highest BCUT2D eigenvalue weighted by Gasteiger charge is 2.29. The summed E-state index contributed by atoms with van der Waals surface area (Å²) in [5.74, 6) is 1.04. The molecule has 3 aromatic rings. The van der Waals surface area contributed by atoms with Gasteiger partial charge in [0.15, 0.2) is 11.5 Å². The molecule has 1 atom stereocenters. The molecule has 1 amide bonds. The van der Waals surface area contributed by atoms with Crippen molar-refractivity contribution in [1.82, 2.24) is 24.8 Å². The van der Waals surface area contributed by atoms with Crippen molar-refractivity contribution < 1.29 is 18.8 Å². The van der Waals surface area contributed by atoms with Gasteiger partial charge in [-0.25, -0.2) is 9.67 Å². The van der Waals surface area contributed by atoms with E-state index in [0.717, 1.165) is 24.9 Å². The van der Waals surface area contributed by atoms with Crippen LogP contribution in [0.4, 0.5) is 0 Å². The van der Waals surface area contributed by atoms with Crippen LogP contribution in [0.5, 0.6) is 5.75 Å². The summed E-state index contributed by atoms with van der Waals surface area (Å²) in [7, 11) is 1.65. The van der Waals surface area contributed by atoms with Crippen LogP contribution in [-0.2, 0) is 11.3 Å². The molecule has 1 fully saturated rings. The molecule has 9 nitrogen and oxygen atoms in total. The number of carbonyl (C=O) groups excluding carboxylic acids is 1. The van der Waals surface area contributed by atoms with Crippen LogP contribution in [0.15, 0.2) is 47.5 Å². The minimum atomic E-state index is -0.126. The SMILES string of the molecule is COC[C@H]1CCCCN1C(=O)c1cc(COc2ccc(-n3cncn3)cc2)on1. The molecule has 0 saturated carbocycles. The van der Waals surface area contributed by atoms with E-state index in [0.29, 0.717) is 30.4 Å². The van der Waals surface area contributed by atoms with Gasteiger partial charge in [-0.15, -0.1) is 0 Å². The van der Waals surface area contributed by atoms with E-state index in [1.54, 1.807) is 24.2 Å². The lowest BCUT2D eigenvalue weighted by Crippen LogP contribution is -2.46. The Balaban J connectivity index is 1.36. The first-order valence-corrected chi connectivity index (χ1v) is 9.58. The summed E-state index contributed by atoms with van der Waals surface area (Å²) in [5.41, 5.74) is 1.18. The zero-order valence-electron chi connectivity index (χ0n) is 16.2. The van der Waals surface area contributed by atoms with Gasteiger partial charge >= 0.3 is 0 Å². The minimum absolute atomic E-state index is 0.0844. The fourth-order valence-corrected chi connectivity index (χ4v) is 3.45. The van der Waals surface area contributed by atoms with Crippen LogP contribution < -0.4 is 4.74 Å². The van der Waals surface area contributed by atoms with E-state index in [2.05, 4.69) is 15.2 Å². The van der Waals surface area contributed by atoms with E-state index in [9.17, 15) is 4.79 Å². The quantitative estimate of drug-likeness (QED) is 0.604. The van der Waals surface area contributed by atoms with E-state index in [1.807, 2.05) is 29.2 Å². The third-order valence-electron chi connectivity index (χ3n) is 4.93. The predicted molar refractivity (Wildman–Crippen MR) is 103 cm³/mol. The first kappa shape index (κ1) is 19.1. The number of nitrogens with zero attached hydrogens (tertiary/aromatic N) is 5. The molecule has 0 spiro atoms. The lowest BCUT2D eigenvalue weighted by molar-refractivity contribution is 0.0419. The number of benzene rings is 1. The van der Waals surface area contributed by atoms with Gasteiger partial charge in [0.05, 0.1) is 18.3 Å². The highest BCUT2D eigenvalue weighted by molar-refractivity contribution is 5.92. The van der Waals surface area contributed by atoms with E-state index in [1.165, 1.54) is 6.33 Å². The summed E-state index contributed by atoms with van der Waals surface area (Å²) in [4.78, 5) is 18.6. The molecular weight excluding hydrogens is 374 g/mol. The molecule has 0 aliphatic carbocycles. The number of rotatable bonds is 7. The second-order valence-corrected chi connectivity index (χ2v) is 6.90. The van der Waals surface area contributed by atoms with E-state index < -0.39 is 0 Å². The maximum Gasteiger partial charge on any atom is 0.276 e. The molecule has 9 heteroatoms. The van der Waals surface area contributed by atoms with Gasteiger partial charge in [-0.05, 0) is 43.5 Å². The second kappa shape index (κ2) is 8.87. The predicted octanol–water partition coefficient (Wildman–Crippen LogP) is 2.48. The summed E-state index contributed by atoms with van der Waals surface area (Å²) in [5, 5.41) is 8.02. The number of hydrogen-bond acceptors (Lipinski definition) is 7. The van der Waals surface area contributed by atoms with E-state index in [-0.39, 0.29) is 18.6 Å². The highest BCUT2D eigenvalue weighted by Crippen LogP contribution is 2.21. The molecule has 2 aromatic heterocycles. The molecule has 1 aromatic carbocycles. The lowest BCUT2D eigenvalue weighted by Gasteiger charge is -2.34. The number of likely N-dealkylation sites (tertiary alicyclic amines) is 1. The maximum absolute atomic E-state index is 12.8. The number of aromatic nitrogens is 4. The number of amides is 1. The fraction of sp³-hybridized carbons (Fsp3) is 0.400. The summed E-state index contributed by atoms with van der Waals surface area (Å²) >= 11 is 0. The molecule has 1 aliphatic heterocycles. The molecule has 1 saturated heterocycles. The Kier molecular flexibility index (Phi) is 5.85. The lowest BCUT2D eigenvalue weighted by atomic mass is 10.0. The molecule has 0 bridgehead atoms. The molecule has 0 N–H and O–H groups in total. The molecule has 3 heterocycles. The molecule has 1 aliphatic rings. The first-order chi connectivity index (χ1) is 14.2. The van der Waals surface area contributed by atoms with Crippen molar-refractivity contribution in [3.63, 3.8) is 0 Å². The van der Waals surface area contributed by atoms with Crippen LogP contribution >= 0.6 is 0 Å². The van der Waals surface area contributed by atoms with Crippen molar-refractivity contribution in [1.29, 1.82) is 0 Å². The monoisotopic (exact) mass is 397 g/mol. The Morgan fingerprint density at radius 3 is 2.90 bits per heavy atom. The van der Waals surface area contributed by atoms with Gasteiger partial charge in [-0.1, -0.05) is 5.16 Å². The second-order valence-electron chi connectivity index (χ2n) is 6.90. The van der Waals surface area contributed by atoms with Crippen molar-refractivity contribution in [3.8, 4) is 11.4 Å². The summed E-state index contributed by atoms with van der Waals surface area (Å²) in [6.45, 7) is 1.43. The van der Waals surface area contributed by atoms with E-state index >= 15 is 0 Å². The van der Waals surface area contributed by atoms with Gasteiger partial charge in [0, 0.05) is 19.7 Å². The Labute approximate surface area is 168 Å². The minimum Gasteiger partial charge on any atom is -0.486 e. The third kappa shape index (κ3) is 4.45. The number of carbonyl (C=O) groups is 1. The number of ether oxygens (including phenoxy) is 2. The molecule has 0 unspecified atom stereocenters. The number of hydrogen-bond donors (Lipinski definition) is 0. The fourth-order valence-electron chi connectivity index (χ4n) is 3.45. The Morgan fingerprint density at radius 2 is 2.14 bits per heavy atom. The van der Waals surface area contributed by atoms with Crippen molar-refractivity contribution in [2.75, 3.05) is 20.3 Å². The smallest absolute Gasteiger partial charge is 0.276 e. The Morgan fingerprint density at radius 1 is 1.28 bits per heavy atom. The van der Waals surface area contributed by atoms with Crippen molar-refractivity contribution in [3.05, 3.63) is 54.4 Å². The number of piperidine rings is 1. The van der Waals surface area contributed by atoms with Gasteiger partial charge < -0.3 is 18.9 Å². The van der Waals surface area contributed by atoms with Crippen LogP contribution in [0.25, 0.3) is 5.69 Å². The zero-order valence-corrected chi connectivity index (χ0v) is 16.2. The Bertz CT molecular complexity index is 921. The maximum atomic E-state index is 12.8. The van der Waals surface area contributed by atoms with Crippen LogP contribution in [-0.4, -0.2) is 57.0 Å². The summed E-state index contributed by atoms with van der Waals surface area (Å²) < 4.78 is 18.0. The van der Waals surface area contributed by atoms with Gasteiger partial charge in [0.2, 0.25) is 0 Å². The topological polar surface area (TPSA) is 95.5 Å². The normalized spacial score (nSPS) is 16.7. The zero-order chi connectivity index (χ0) is 20.1. The van der Waals surface area contributed by atoms with Gasteiger partial charge in [0.25, 0.3) is 5.91 Å².